The minimum atomic E-state index is -0.183. The topological polar surface area (TPSA) is 35.5 Å². The predicted octanol–water partition coefficient (Wildman–Crippen LogP) is 2.88. The normalized spacial score (nSPS) is 30.4. The molecule has 21 heavy (non-hydrogen) atoms. The second-order valence-corrected chi connectivity index (χ2v) is 5.76. The van der Waals surface area contributed by atoms with Crippen molar-refractivity contribution in [3.8, 4) is 11.8 Å². The molecule has 1 aromatic carbocycles. The van der Waals surface area contributed by atoms with Crippen LogP contribution in [0.1, 0.15) is 43.2 Å². The maximum atomic E-state index is 12.2. The lowest BCUT2D eigenvalue weighted by atomic mass is 9.79. The summed E-state index contributed by atoms with van der Waals surface area (Å²) in [6.07, 6.45) is 3.20. The van der Waals surface area contributed by atoms with Crippen molar-refractivity contribution in [2.24, 2.45) is 5.92 Å². The SMILES string of the molecule is CC#Cc1ccc(C2CC3CCC(O3)C2C(=O)OC)cc1. The van der Waals surface area contributed by atoms with Crippen LogP contribution < -0.4 is 0 Å². The van der Waals surface area contributed by atoms with Crippen LogP contribution in [-0.4, -0.2) is 25.3 Å². The van der Waals surface area contributed by atoms with E-state index in [1.807, 2.05) is 19.1 Å². The molecule has 0 amide bonds. The fraction of sp³-hybridized carbons (Fsp3) is 0.500. The van der Waals surface area contributed by atoms with Crippen LogP contribution in [0.25, 0.3) is 0 Å². The summed E-state index contributed by atoms with van der Waals surface area (Å²) in [5.74, 6) is 5.80. The third kappa shape index (κ3) is 2.69. The zero-order valence-electron chi connectivity index (χ0n) is 12.5. The van der Waals surface area contributed by atoms with E-state index >= 15 is 0 Å². The van der Waals surface area contributed by atoms with Crippen LogP contribution in [-0.2, 0) is 14.3 Å². The Labute approximate surface area is 125 Å². The Balaban J connectivity index is 1.90. The quantitative estimate of drug-likeness (QED) is 0.619. The van der Waals surface area contributed by atoms with Gasteiger partial charge in [0.05, 0.1) is 25.2 Å². The van der Waals surface area contributed by atoms with Gasteiger partial charge in [-0.2, -0.15) is 0 Å². The van der Waals surface area contributed by atoms with Crippen LogP contribution in [0.2, 0.25) is 0 Å². The summed E-state index contributed by atoms with van der Waals surface area (Å²) >= 11 is 0. The first-order valence-electron chi connectivity index (χ1n) is 7.49. The molecule has 2 saturated heterocycles. The van der Waals surface area contributed by atoms with E-state index < -0.39 is 0 Å². The van der Waals surface area contributed by atoms with Gasteiger partial charge in [-0.25, -0.2) is 0 Å². The molecule has 2 heterocycles. The monoisotopic (exact) mass is 284 g/mol. The van der Waals surface area contributed by atoms with E-state index in [4.69, 9.17) is 9.47 Å². The molecular weight excluding hydrogens is 264 g/mol. The molecule has 2 bridgehead atoms. The highest BCUT2D eigenvalue weighted by molar-refractivity contribution is 5.74. The summed E-state index contributed by atoms with van der Waals surface area (Å²) in [6, 6.07) is 8.23. The number of ether oxygens (including phenoxy) is 2. The number of esters is 1. The van der Waals surface area contributed by atoms with E-state index in [0.29, 0.717) is 0 Å². The summed E-state index contributed by atoms with van der Waals surface area (Å²) in [5, 5.41) is 0. The summed E-state index contributed by atoms with van der Waals surface area (Å²) < 4.78 is 10.9. The molecule has 2 fully saturated rings. The van der Waals surface area contributed by atoms with Crippen LogP contribution in [0.15, 0.2) is 24.3 Å². The Hall–Kier alpha value is -1.79. The van der Waals surface area contributed by atoms with Gasteiger partial charge in [0, 0.05) is 11.5 Å². The fourth-order valence-corrected chi connectivity index (χ4v) is 3.61. The summed E-state index contributed by atoms with van der Waals surface area (Å²) in [5.41, 5.74) is 2.19. The van der Waals surface area contributed by atoms with Gasteiger partial charge in [-0.3, -0.25) is 4.79 Å². The van der Waals surface area contributed by atoms with Crippen LogP contribution >= 0.6 is 0 Å². The van der Waals surface area contributed by atoms with E-state index in [9.17, 15) is 4.79 Å². The van der Waals surface area contributed by atoms with Gasteiger partial charge in [-0.05, 0) is 43.9 Å². The minimum absolute atomic E-state index is 0.0105. The van der Waals surface area contributed by atoms with Crippen molar-refractivity contribution in [1.82, 2.24) is 0 Å². The molecule has 1 aromatic rings. The van der Waals surface area contributed by atoms with Crippen molar-refractivity contribution in [2.45, 2.75) is 44.3 Å². The highest BCUT2D eigenvalue weighted by Gasteiger charge is 2.47. The Bertz CT molecular complexity index is 579. The molecular formula is C18H20O3. The van der Waals surface area contributed by atoms with Crippen LogP contribution in [0.3, 0.4) is 0 Å². The van der Waals surface area contributed by atoms with Gasteiger partial charge in [0.25, 0.3) is 0 Å². The van der Waals surface area contributed by atoms with Crippen molar-refractivity contribution in [3.05, 3.63) is 35.4 Å². The van der Waals surface area contributed by atoms with E-state index in [0.717, 1.165) is 24.8 Å². The van der Waals surface area contributed by atoms with Crippen molar-refractivity contribution in [3.63, 3.8) is 0 Å². The molecule has 3 nitrogen and oxygen atoms in total. The van der Waals surface area contributed by atoms with Crippen molar-refractivity contribution in [2.75, 3.05) is 7.11 Å². The van der Waals surface area contributed by atoms with Gasteiger partial charge in [0.1, 0.15) is 0 Å². The van der Waals surface area contributed by atoms with Crippen LogP contribution in [0.4, 0.5) is 0 Å². The number of fused-ring (bicyclic) bond motifs is 2. The third-order valence-corrected chi connectivity index (χ3v) is 4.57. The molecule has 3 rings (SSSR count). The second-order valence-electron chi connectivity index (χ2n) is 5.76. The fourth-order valence-electron chi connectivity index (χ4n) is 3.61. The molecule has 2 aliphatic heterocycles. The number of rotatable bonds is 2. The molecule has 0 aromatic heterocycles. The van der Waals surface area contributed by atoms with E-state index in [1.54, 1.807) is 0 Å². The molecule has 0 saturated carbocycles. The minimum Gasteiger partial charge on any atom is -0.469 e. The predicted molar refractivity (Wildman–Crippen MR) is 79.8 cm³/mol. The number of hydrogen-bond acceptors (Lipinski definition) is 3. The lowest BCUT2D eigenvalue weighted by molar-refractivity contribution is -0.156. The summed E-state index contributed by atoms with van der Waals surface area (Å²) in [7, 11) is 1.46. The van der Waals surface area contributed by atoms with Crippen LogP contribution in [0.5, 0.6) is 0 Å². The Morgan fingerprint density at radius 1 is 1.29 bits per heavy atom. The van der Waals surface area contributed by atoms with Gasteiger partial charge < -0.3 is 9.47 Å². The van der Waals surface area contributed by atoms with E-state index in [1.165, 1.54) is 12.7 Å². The maximum absolute atomic E-state index is 12.2. The summed E-state index contributed by atoms with van der Waals surface area (Å²) in [6.45, 7) is 1.83. The first kappa shape index (κ1) is 14.2. The molecule has 2 aliphatic rings. The molecule has 0 spiro atoms. The highest BCUT2D eigenvalue weighted by Crippen LogP contribution is 2.45. The zero-order valence-corrected chi connectivity index (χ0v) is 12.5. The average molecular weight is 284 g/mol. The number of methoxy groups -OCH3 is 1. The van der Waals surface area contributed by atoms with Crippen molar-refractivity contribution >= 4 is 5.97 Å². The Morgan fingerprint density at radius 3 is 2.71 bits per heavy atom. The Morgan fingerprint density at radius 2 is 2.05 bits per heavy atom. The van der Waals surface area contributed by atoms with E-state index in [-0.39, 0.29) is 30.0 Å². The molecule has 0 radical (unpaired) electrons. The van der Waals surface area contributed by atoms with Gasteiger partial charge >= 0.3 is 5.97 Å². The first-order chi connectivity index (χ1) is 10.2. The van der Waals surface area contributed by atoms with Gasteiger partial charge in [0.15, 0.2) is 0 Å². The maximum Gasteiger partial charge on any atom is 0.311 e. The number of carbonyl (C=O) groups excluding carboxylic acids is 1. The molecule has 0 aliphatic carbocycles. The molecule has 4 unspecified atom stereocenters. The standard InChI is InChI=1S/C18H20O3/c1-3-4-12-5-7-13(8-6-12)15-11-14-9-10-16(21-14)17(15)18(19)20-2/h5-8,14-17H,9-11H2,1-2H3. The Kier molecular flexibility index (Phi) is 3.98. The van der Waals surface area contributed by atoms with Crippen molar-refractivity contribution in [1.29, 1.82) is 0 Å². The first-order valence-corrected chi connectivity index (χ1v) is 7.49. The number of hydrogen-bond donors (Lipinski definition) is 0. The van der Waals surface area contributed by atoms with Gasteiger partial charge in [0.2, 0.25) is 0 Å². The van der Waals surface area contributed by atoms with Gasteiger partial charge in [-0.1, -0.05) is 18.1 Å². The highest BCUT2D eigenvalue weighted by atomic mass is 16.5. The molecule has 4 atom stereocenters. The lowest BCUT2D eigenvalue weighted by Crippen LogP contribution is -2.39. The molecule has 110 valence electrons. The number of carbonyl (C=O) groups is 1. The molecule has 0 N–H and O–H groups in total. The third-order valence-electron chi connectivity index (χ3n) is 4.57. The average Bonchev–Trinajstić information content (AvgIpc) is 2.89. The smallest absolute Gasteiger partial charge is 0.311 e. The van der Waals surface area contributed by atoms with Gasteiger partial charge in [-0.15, -0.1) is 5.92 Å². The number of benzene rings is 1. The zero-order chi connectivity index (χ0) is 14.8. The largest absolute Gasteiger partial charge is 0.469 e. The van der Waals surface area contributed by atoms with E-state index in [2.05, 4.69) is 24.0 Å². The van der Waals surface area contributed by atoms with Crippen molar-refractivity contribution < 1.29 is 14.3 Å². The lowest BCUT2D eigenvalue weighted by Gasteiger charge is -2.35. The summed E-state index contributed by atoms with van der Waals surface area (Å²) in [4.78, 5) is 12.2. The molecule has 3 heteroatoms. The van der Waals surface area contributed by atoms with Crippen LogP contribution in [0, 0.1) is 17.8 Å². The second kappa shape index (κ2) is 5.91.